The Labute approximate surface area is 212 Å². The molecule has 2 fully saturated rings. The second-order valence-electron chi connectivity index (χ2n) is 9.13. The Morgan fingerprint density at radius 1 is 1.06 bits per heavy atom. The van der Waals surface area contributed by atoms with Gasteiger partial charge in [0.05, 0.1) is 22.4 Å². The van der Waals surface area contributed by atoms with Crippen molar-refractivity contribution >= 4 is 44.0 Å². The number of fused-ring (bicyclic) bond motifs is 1. The lowest BCUT2D eigenvalue weighted by molar-refractivity contribution is -0.0363. The maximum atomic E-state index is 14.0. The number of pyridine rings is 1. The number of imidazole rings is 1. The van der Waals surface area contributed by atoms with Gasteiger partial charge in [0.1, 0.15) is 16.9 Å². The van der Waals surface area contributed by atoms with Crippen LogP contribution in [0.15, 0.2) is 29.2 Å². The highest BCUT2D eigenvalue weighted by molar-refractivity contribution is 7.90. The molecule has 5 rings (SSSR count). The average molecular weight is 541 g/mol. The van der Waals surface area contributed by atoms with Gasteiger partial charge in [-0.25, -0.2) is 27.2 Å². The Kier molecular flexibility index (Phi) is 7.17. The fourth-order valence-electron chi connectivity index (χ4n) is 4.81. The minimum atomic E-state index is -3.64. The van der Waals surface area contributed by atoms with Gasteiger partial charge in [0.15, 0.2) is 21.3 Å². The van der Waals surface area contributed by atoms with Gasteiger partial charge in [-0.3, -0.25) is 4.57 Å². The summed E-state index contributed by atoms with van der Waals surface area (Å²) in [6, 6.07) is 6.51. The second kappa shape index (κ2) is 10.2. The summed E-state index contributed by atoms with van der Waals surface area (Å²) in [7, 11) is -3.64. The van der Waals surface area contributed by atoms with E-state index in [1.807, 2.05) is 6.07 Å². The second-order valence-corrected chi connectivity index (χ2v) is 11.5. The number of hydrogen-bond donors (Lipinski definition) is 1. The molecular weight excluding hydrogens is 514 g/mol. The molecule has 1 aromatic carbocycles. The highest BCUT2D eigenvalue weighted by Crippen LogP contribution is 2.38. The van der Waals surface area contributed by atoms with Gasteiger partial charge in [0.2, 0.25) is 0 Å². The fourth-order valence-corrected chi connectivity index (χ4v) is 5.87. The van der Waals surface area contributed by atoms with Gasteiger partial charge in [-0.1, -0.05) is 17.7 Å². The van der Waals surface area contributed by atoms with Gasteiger partial charge < -0.3 is 14.8 Å². The summed E-state index contributed by atoms with van der Waals surface area (Å²) >= 11 is 6.29. The Morgan fingerprint density at radius 2 is 1.81 bits per heavy atom. The number of rotatable bonds is 6. The van der Waals surface area contributed by atoms with E-state index in [4.69, 9.17) is 21.1 Å². The quantitative estimate of drug-likeness (QED) is 0.377. The Morgan fingerprint density at radius 3 is 2.44 bits per heavy atom. The summed E-state index contributed by atoms with van der Waals surface area (Å²) in [5, 5.41) is 3.12. The summed E-state index contributed by atoms with van der Waals surface area (Å²) in [6.07, 6.45) is 2.48. The van der Waals surface area contributed by atoms with Crippen molar-refractivity contribution in [3.8, 4) is 0 Å². The van der Waals surface area contributed by atoms with Crippen LogP contribution < -0.4 is 5.32 Å². The van der Waals surface area contributed by atoms with Crippen LogP contribution >= 0.6 is 11.6 Å². The average Bonchev–Trinajstić information content (AvgIpc) is 3.24. The first kappa shape index (κ1) is 25.3. The van der Waals surface area contributed by atoms with Crippen LogP contribution in [0.5, 0.6) is 0 Å². The number of nitrogens with one attached hydrogen (secondary N) is 1. The number of alkyl halides is 2. The molecule has 4 heterocycles. The zero-order valence-electron chi connectivity index (χ0n) is 19.7. The van der Waals surface area contributed by atoms with Gasteiger partial charge >= 0.3 is 0 Å². The first-order valence-corrected chi connectivity index (χ1v) is 14.2. The molecule has 0 saturated carbocycles. The molecule has 2 saturated heterocycles. The number of nitrogens with zero attached hydrogens (tertiary/aromatic N) is 3. The van der Waals surface area contributed by atoms with Crippen LogP contribution in [0.1, 0.15) is 68.7 Å². The van der Waals surface area contributed by atoms with Crippen molar-refractivity contribution in [1.29, 1.82) is 0 Å². The van der Waals surface area contributed by atoms with Crippen molar-refractivity contribution in [3.63, 3.8) is 0 Å². The van der Waals surface area contributed by atoms with Crippen molar-refractivity contribution in [2.24, 2.45) is 0 Å². The maximum Gasteiger partial charge on any atom is 0.295 e. The van der Waals surface area contributed by atoms with Crippen molar-refractivity contribution in [3.05, 3.63) is 40.8 Å². The van der Waals surface area contributed by atoms with Crippen LogP contribution in [0.4, 0.5) is 20.2 Å². The van der Waals surface area contributed by atoms with E-state index in [9.17, 15) is 17.2 Å². The lowest BCUT2D eigenvalue weighted by Gasteiger charge is -2.25. The number of anilines is 2. The highest BCUT2D eigenvalue weighted by Gasteiger charge is 2.29. The summed E-state index contributed by atoms with van der Waals surface area (Å²) in [5.74, 6) is -0.470. The molecule has 2 atom stereocenters. The molecule has 1 unspecified atom stereocenters. The van der Waals surface area contributed by atoms with E-state index in [2.05, 4.69) is 15.3 Å². The zero-order valence-corrected chi connectivity index (χ0v) is 21.3. The van der Waals surface area contributed by atoms with Crippen molar-refractivity contribution in [2.75, 3.05) is 24.8 Å². The summed E-state index contributed by atoms with van der Waals surface area (Å²) in [6.45, 7) is 1.08. The third-order valence-corrected chi connectivity index (χ3v) is 7.84. The number of sulfone groups is 1. The highest BCUT2D eigenvalue weighted by atomic mass is 35.5. The van der Waals surface area contributed by atoms with E-state index in [-0.39, 0.29) is 38.7 Å². The van der Waals surface area contributed by atoms with Crippen molar-refractivity contribution in [2.45, 2.75) is 62.2 Å². The lowest BCUT2D eigenvalue weighted by atomic mass is 10.0. The minimum Gasteiger partial charge on any atom is -0.374 e. The first-order chi connectivity index (χ1) is 17.2. The molecule has 0 aliphatic carbocycles. The number of hydrogen-bond acceptors (Lipinski definition) is 7. The van der Waals surface area contributed by atoms with Crippen LogP contribution in [-0.4, -0.2) is 42.4 Å². The van der Waals surface area contributed by atoms with Crippen molar-refractivity contribution < 1.29 is 26.7 Å². The molecule has 1 N–H and O–H groups in total. The van der Waals surface area contributed by atoms with E-state index < -0.39 is 28.3 Å². The Balaban J connectivity index is 1.60. The molecule has 8 nitrogen and oxygen atoms in total. The van der Waals surface area contributed by atoms with Gasteiger partial charge in [0, 0.05) is 25.5 Å². The van der Waals surface area contributed by atoms with Crippen LogP contribution in [0, 0.1) is 0 Å². The van der Waals surface area contributed by atoms with E-state index >= 15 is 0 Å². The molecule has 36 heavy (non-hydrogen) atoms. The predicted molar refractivity (Wildman–Crippen MR) is 132 cm³/mol. The van der Waals surface area contributed by atoms with Crippen LogP contribution in [0.2, 0.25) is 5.15 Å². The standard InChI is InChI=1S/C24H27ClF2N4O4S/c1-36(32,33)18-12-14(17-6-2-4-10-34-17)8-9-15(18)28-16-13-19(25)29-23-21(16)30-24(22(26)27)31(23)20-7-3-5-11-35-20/h8-9,12-13,17,20,22H,2-7,10-11H2,1H3,(H,28,29)/t17-,20?/m1/s1. The molecule has 2 aliphatic rings. The van der Waals surface area contributed by atoms with Crippen LogP contribution in [-0.2, 0) is 19.3 Å². The molecular formula is C24H27ClF2N4O4S. The maximum absolute atomic E-state index is 14.0. The van der Waals surface area contributed by atoms with Gasteiger partial charge in [-0.05, 0) is 56.2 Å². The largest absolute Gasteiger partial charge is 0.374 e. The van der Waals surface area contributed by atoms with Gasteiger partial charge in [-0.15, -0.1) is 0 Å². The first-order valence-electron chi connectivity index (χ1n) is 11.9. The minimum absolute atomic E-state index is 0.0518. The molecule has 194 valence electrons. The smallest absolute Gasteiger partial charge is 0.295 e. The van der Waals surface area contributed by atoms with Crippen LogP contribution in [0.25, 0.3) is 11.2 Å². The van der Waals surface area contributed by atoms with E-state index in [1.54, 1.807) is 12.1 Å². The predicted octanol–water partition coefficient (Wildman–Crippen LogP) is 6.11. The molecule has 0 spiro atoms. The third-order valence-electron chi connectivity index (χ3n) is 6.51. The summed E-state index contributed by atoms with van der Waals surface area (Å²) in [5.41, 5.74) is 1.64. The summed E-state index contributed by atoms with van der Waals surface area (Å²) < 4.78 is 66.3. The number of benzene rings is 1. The molecule has 12 heteroatoms. The topological polar surface area (TPSA) is 95.3 Å². The molecule has 2 aromatic heterocycles. The summed E-state index contributed by atoms with van der Waals surface area (Å²) in [4.78, 5) is 8.54. The molecule has 0 bridgehead atoms. The van der Waals surface area contributed by atoms with E-state index in [1.165, 1.54) is 10.6 Å². The zero-order chi connectivity index (χ0) is 25.4. The lowest BCUT2D eigenvalue weighted by Crippen LogP contribution is -2.20. The van der Waals surface area contributed by atoms with Gasteiger partial charge in [-0.2, -0.15) is 0 Å². The van der Waals surface area contributed by atoms with Crippen LogP contribution in [0.3, 0.4) is 0 Å². The fraction of sp³-hybridized carbons (Fsp3) is 0.500. The molecule has 0 amide bonds. The van der Waals surface area contributed by atoms with Crippen molar-refractivity contribution in [1.82, 2.24) is 14.5 Å². The van der Waals surface area contributed by atoms with E-state index in [0.29, 0.717) is 19.6 Å². The Bertz CT molecular complexity index is 1370. The molecule has 0 radical (unpaired) electrons. The number of ether oxygens (including phenoxy) is 2. The molecule has 3 aromatic rings. The number of aromatic nitrogens is 3. The SMILES string of the molecule is CS(=O)(=O)c1cc([C@H]2CCCCO2)ccc1Nc1cc(Cl)nc2c1nc(C(F)F)n2C1CCCCO1. The third kappa shape index (κ3) is 5.06. The molecule has 2 aliphatic heterocycles. The van der Waals surface area contributed by atoms with E-state index in [0.717, 1.165) is 43.9 Å². The monoisotopic (exact) mass is 540 g/mol. The number of halogens is 3. The van der Waals surface area contributed by atoms with Gasteiger partial charge in [0.25, 0.3) is 6.43 Å². The Hall–Kier alpha value is -2.34. The normalized spacial score (nSPS) is 21.2.